The van der Waals surface area contributed by atoms with Gasteiger partial charge in [-0.15, -0.1) is 11.3 Å². The van der Waals surface area contributed by atoms with Gasteiger partial charge in [-0.25, -0.2) is 9.37 Å². The molecule has 0 atom stereocenters. The third-order valence-electron chi connectivity index (χ3n) is 3.94. The van der Waals surface area contributed by atoms with Gasteiger partial charge in [-0.2, -0.15) is 0 Å². The van der Waals surface area contributed by atoms with Gasteiger partial charge in [0.25, 0.3) is 5.91 Å². The van der Waals surface area contributed by atoms with Crippen LogP contribution in [0.25, 0.3) is 0 Å². The van der Waals surface area contributed by atoms with E-state index >= 15 is 0 Å². The summed E-state index contributed by atoms with van der Waals surface area (Å²) < 4.78 is 12.9. The van der Waals surface area contributed by atoms with Crippen molar-refractivity contribution in [3.63, 3.8) is 0 Å². The molecule has 28 heavy (non-hydrogen) atoms. The van der Waals surface area contributed by atoms with Crippen molar-refractivity contribution in [3.05, 3.63) is 75.5 Å². The first kappa shape index (κ1) is 20.0. The van der Waals surface area contributed by atoms with E-state index in [9.17, 15) is 14.0 Å². The monoisotopic (exact) mass is 417 g/mol. The number of benzene rings is 2. The van der Waals surface area contributed by atoms with Crippen LogP contribution in [0.5, 0.6) is 0 Å². The largest absolute Gasteiger partial charge is 0.326 e. The average molecular weight is 418 g/mol. The number of halogens is 2. The van der Waals surface area contributed by atoms with Gasteiger partial charge >= 0.3 is 0 Å². The number of amides is 2. The number of rotatable bonds is 6. The highest BCUT2D eigenvalue weighted by Gasteiger charge is 2.11. The third-order valence-corrected chi connectivity index (χ3v) is 5.16. The quantitative estimate of drug-likeness (QED) is 0.588. The fourth-order valence-electron chi connectivity index (χ4n) is 2.39. The number of nitrogens with zero attached hydrogens (tertiary/aromatic N) is 1. The molecule has 0 unspecified atom stereocenters. The molecule has 144 valence electrons. The number of carbonyl (C=O) groups excluding carboxylic acids is 2. The maximum atomic E-state index is 12.9. The Morgan fingerprint density at radius 2 is 1.89 bits per heavy atom. The molecular weight excluding hydrogens is 401 g/mol. The molecule has 3 aromatic rings. The van der Waals surface area contributed by atoms with Crippen molar-refractivity contribution in [2.24, 2.45) is 0 Å². The zero-order valence-electron chi connectivity index (χ0n) is 15.0. The summed E-state index contributed by atoms with van der Waals surface area (Å²) in [6.07, 6.45) is 0.689. The van der Waals surface area contributed by atoms with E-state index < -0.39 is 5.82 Å². The normalized spacial score (nSPS) is 10.5. The number of anilines is 2. The summed E-state index contributed by atoms with van der Waals surface area (Å²) in [6, 6.07) is 10.6. The third kappa shape index (κ3) is 5.37. The molecule has 0 bridgehead atoms. The van der Waals surface area contributed by atoms with E-state index in [0.717, 1.165) is 5.56 Å². The second-order valence-electron chi connectivity index (χ2n) is 6.12. The molecule has 3 rings (SSSR count). The van der Waals surface area contributed by atoms with Gasteiger partial charge in [-0.3, -0.25) is 14.9 Å². The first-order valence-corrected chi connectivity index (χ1v) is 9.74. The van der Waals surface area contributed by atoms with Gasteiger partial charge in [0.05, 0.1) is 5.69 Å². The first-order valence-electron chi connectivity index (χ1n) is 8.48. The summed E-state index contributed by atoms with van der Waals surface area (Å²) in [5, 5.41) is 8.28. The fourth-order valence-corrected chi connectivity index (χ4v) is 3.31. The number of nitrogens with one attached hydrogen (secondary N) is 2. The summed E-state index contributed by atoms with van der Waals surface area (Å²) in [5.41, 5.74) is 2.63. The van der Waals surface area contributed by atoms with Gasteiger partial charge in [-0.1, -0.05) is 17.7 Å². The van der Waals surface area contributed by atoms with Crippen LogP contribution in [0.1, 0.15) is 28.0 Å². The number of aromatic nitrogens is 1. The number of carbonyl (C=O) groups is 2. The Balaban J connectivity index is 1.51. The summed E-state index contributed by atoms with van der Waals surface area (Å²) in [6.45, 7) is 1.89. The Morgan fingerprint density at radius 3 is 2.61 bits per heavy atom. The van der Waals surface area contributed by atoms with Gasteiger partial charge < -0.3 is 5.32 Å². The van der Waals surface area contributed by atoms with Gasteiger partial charge in [0.1, 0.15) is 5.82 Å². The van der Waals surface area contributed by atoms with Crippen LogP contribution in [0, 0.1) is 12.7 Å². The molecule has 0 spiro atoms. The van der Waals surface area contributed by atoms with Crippen molar-refractivity contribution in [3.8, 4) is 0 Å². The van der Waals surface area contributed by atoms with Crippen LogP contribution in [0.2, 0.25) is 5.02 Å². The Labute approximate surface area is 170 Å². The minimum Gasteiger partial charge on any atom is -0.326 e. The Bertz CT molecular complexity index is 1000. The van der Waals surface area contributed by atoms with Gasteiger partial charge in [-0.05, 0) is 55.3 Å². The van der Waals surface area contributed by atoms with E-state index in [1.165, 1.54) is 35.6 Å². The highest BCUT2D eigenvalue weighted by atomic mass is 35.5. The smallest absolute Gasteiger partial charge is 0.257 e. The molecule has 2 N–H and O–H groups in total. The van der Waals surface area contributed by atoms with Crippen molar-refractivity contribution in [2.75, 3.05) is 10.6 Å². The van der Waals surface area contributed by atoms with E-state index in [2.05, 4.69) is 15.6 Å². The van der Waals surface area contributed by atoms with Crippen molar-refractivity contribution < 1.29 is 14.0 Å². The molecule has 0 aliphatic carbocycles. The van der Waals surface area contributed by atoms with E-state index in [4.69, 9.17) is 11.6 Å². The lowest BCUT2D eigenvalue weighted by Crippen LogP contribution is -2.13. The van der Waals surface area contributed by atoms with Gasteiger partial charge in [0, 0.05) is 28.1 Å². The zero-order chi connectivity index (χ0) is 20.1. The molecule has 0 saturated heterocycles. The lowest BCUT2D eigenvalue weighted by atomic mass is 10.2. The zero-order valence-corrected chi connectivity index (χ0v) is 16.5. The summed E-state index contributed by atoms with van der Waals surface area (Å²) in [7, 11) is 0. The molecule has 0 aliphatic heterocycles. The predicted octanol–water partition coefficient (Wildman–Crippen LogP) is 5.07. The lowest BCUT2D eigenvalue weighted by Gasteiger charge is -2.06. The van der Waals surface area contributed by atoms with Crippen molar-refractivity contribution in [1.82, 2.24) is 4.98 Å². The topological polar surface area (TPSA) is 71.1 Å². The molecule has 0 saturated carbocycles. The van der Waals surface area contributed by atoms with E-state index in [1.807, 2.05) is 13.0 Å². The summed E-state index contributed by atoms with van der Waals surface area (Å²) in [5.74, 6) is -0.918. The number of hydrogen-bond acceptors (Lipinski definition) is 4. The molecule has 5 nitrogen and oxygen atoms in total. The molecule has 2 aromatic carbocycles. The molecule has 0 fully saturated rings. The number of thiazole rings is 1. The van der Waals surface area contributed by atoms with Gasteiger partial charge in [0.2, 0.25) is 5.91 Å². The van der Waals surface area contributed by atoms with Crippen molar-refractivity contribution in [2.45, 2.75) is 19.8 Å². The highest BCUT2D eigenvalue weighted by molar-refractivity contribution is 7.14. The minimum atomic E-state index is -0.403. The van der Waals surface area contributed by atoms with E-state index in [1.54, 1.807) is 17.5 Å². The van der Waals surface area contributed by atoms with E-state index in [-0.39, 0.29) is 18.2 Å². The summed E-state index contributed by atoms with van der Waals surface area (Å²) in [4.78, 5) is 28.5. The predicted molar refractivity (Wildman–Crippen MR) is 110 cm³/mol. The maximum Gasteiger partial charge on any atom is 0.257 e. The lowest BCUT2D eigenvalue weighted by molar-refractivity contribution is -0.116. The summed E-state index contributed by atoms with van der Waals surface area (Å²) >= 11 is 7.32. The Hall–Kier alpha value is -2.77. The first-order chi connectivity index (χ1) is 13.4. The molecule has 0 radical (unpaired) electrons. The van der Waals surface area contributed by atoms with Crippen LogP contribution in [0.15, 0.2) is 47.8 Å². The fraction of sp³-hybridized carbons (Fsp3) is 0.150. The van der Waals surface area contributed by atoms with Gasteiger partial charge in [0.15, 0.2) is 5.13 Å². The highest BCUT2D eigenvalue weighted by Crippen LogP contribution is 2.21. The SMILES string of the molecule is Cc1ccc(NC(=O)CCc2csc(NC(=O)c3ccc(F)cc3)n2)cc1Cl. The van der Waals surface area contributed by atoms with Crippen LogP contribution >= 0.6 is 22.9 Å². The van der Waals surface area contributed by atoms with Crippen LogP contribution in [-0.4, -0.2) is 16.8 Å². The second kappa shape index (κ2) is 8.95. The number of aryl methyl sites for hydroxylation is 2. The molecule has 1 heterocycles. The molecule has 0 aliphatic rings. The Morgan fingerprint density at radius 1 is 1.14 bits per heavy atom. The molecule has 2 amide bonds. The Kier molecular flexibility index (Phi) is 6.38. The van der Waals surface area contributed by atoms with E-state index in [0.29, 0.717) is 33.5 Å². The van der Waals surface area contributed by atoms with Crippen molar-refractivity contribution in [1.29, 1.82) is 0 Å². The molecular formula is C20H17ClFN3O2S. The standard InChI is InChI=1S/C20H17ClFN3O2S/c1-12-2-7-15(10-17(12)21)23-18(26)9-8-16-11-28-20(24-16)25-19(27)13-3-5-14(22)6-4-13/h2-7,10-11H,8-9H2,1H3,(H,23,26)(H,24,25,27). The molecule has 8 heteroatoms. The van der Waals surface area contributed by atoms with Crippen LogP contribution in [0.4, 0.5) is 15.2 Å². The van der Waals surface area contributed by atoms with Crippen LogP contribution < -0.4 is 10.6 Å². The maximum absolute atomic E-state index is 12.9. The number of hydrogen-bond donors (Lipinski definition) is 2. The second-order valence-corrected chi connectivity index (χ2v) is 7.38. The molecule has 1 aromatic heterocycles. The van der Waals surface area contributed by atoms with Crippen molar-refractivity contribution >= 4 is 45.6 Å². The average Bonchev–Trinajstić information content (AvgIpc) is 3.11. The van der Waals surface area contributed by atoms with Crippen LogP contribution in [0.3, 0.4) is 0 Å². The minimum absolute atomic E-state index is 0.148. The van der Waals surface area contributed by atoms with Crippen LogP contribution in [-0.2, 0) is 11.2 Å².